The lowest BCUT2D eigenvalue weighted by molar-refractivity contribution is -0.118. The monoisotopic (exact) mass is 529 g/mol. The van der Waals surface area contributed by atoms with Crippen molar-refractivity contribution in [2.45, 2.75) is 44.9 Å². The molecule has 0 aliphatic carbocycles. The molecule has 3 heterocycles. The number of nitrogens with one attached hydrogen (secondary N) is 3. The number of aromatic nitrogens is 4. The fourth-order valence-electron chi connectivity index (χ4n) is 3.99. The predicted octanol–water partition coefficient (Wildman–Crippen LogP) is 0.677. The second kappa shape index (κ2) is 12.3. The van der Waals surface area contributed by atoms with Gasteiger partial charge < -0.3 is 30.9 Å². The lowest BCUT2D eigenvalue weighted by Crippen LogP contribution is -2.33. The fourth-order valence-corrected chi connectivity index (χ4v) is 4.91. The molecule has 37 heavy (non-hydrogen) atoms. The zero-order valence-corrected chi connectivity index (χ0v) is 21.4. The molecule has 13 heteroatoms. The molecule has 0 saturated carbocycles. The van der Waals surface area contributed by atoms with Gasteiger partial charge in [-0.1, -0.05) is 12.1 Å². The highest BCUT2D eigenvalue weighted by atomic mass is 32.2. The van der Waals surface area contributed by atoms with E-state index in [2.05, 4.69) is 30.9 Å². The van der Waals surface area contributed by atoms with Crippen LogP contribution < -0.4 is 16.0 Å². The van der Waals surface area contributed by atoms with Crippen LogP contribution in [-0.4, -0.2) is 84.5 Å². The van der Waals surface area contributed by atoms with E-state index in [0.29, 0.717) is 53.7 Å². The van der Waals surface area contributed by atoms with Gasteiger partial charge in [-0.15, -0.1) is 0 Å². The normalized spacial score (nSPS) is 21.2. The molecule has 4 atom stereocenters. The van der Waals surface area contributed by atoms with Crippen LogP contribution in [0.1, 0.15) is 36.0 Å². The largest absolute Gasteiger partial charge is 0.387 e. The van der Waals surface area contributed by atoms with Crippen molar-refractivity contribution in [1.82, 2.24) is 30.2 Å². The lowest BCUT2D eigenvalue weighted by atomic mass is 10.1. The second-order valence-corrected chi connectivity index (χ2v) is 9.71. The smallest absolute Gasteiger partial charge is 0.251 e. The molecule has 1 aromatic carbocycles. The summed E-state index contributed by atoms with van der Waals surface area (Å²) in [6, 6.07) is 7.27. The highest BCUT2D eigenvalue weighted by molar-refractivity contribution is 7.99. The Balaban J connectivity index is 1.40. The molecule has 5 N–H and O–H groups in total. The maximum atomic E-state index is 11.9. The molecule has 1 aliphatic heterocycles. The molecule has 198 valence electrons. The van der Waals surface area contributed by atoms with Crippen molar-refractivity contribution >= 4 is 40.6 Å². The molecular weight excluding hydrogens is 498 g/mol. The zero-order valence-electron chi connectivity index (χ0n) is 20.6. The number of anilines is 1. The summed E-state index contributed by atoms with van der Waals surface area (Å²) in [7, 11) is 0. The first-order chi connectivity index (χ1) is 17.9. The number of amides is 2. The van der Waals surface area contributed by atoms with Crippen molar-refractivity contribution in [1.29, 1.82) is 0 Å². The van der Waals surface area contributed by atoms with Crippen LogP contribution in [0.2, 0.25) is 0 Å². The Morgan fingerprint density at radius 2 is 1.89 bits per heavy atom. The third-order valence-electron chi connectivity index (χ3n) is 5.89. The van der Waals surface area contributed by atoms with Crippen molar-refractivity contribution < 1.29 is 24.5 Å². The standard InChI is InChI=1S/C24H31N7O5S/c1-3-25-23(35)16-6-4-15(5-7-16)10-27-21-18-22(29-12-28-21)31(13-30-18)24-20(34)19(33)17(36-24)11-37-9-8-26-14(2)32/h4-7,12-13,17,19-20,24,33-34H,3,8-11H2,1-2H3,(H,25,35)(H,26,32)(H,27,28,29)/t17-,19-,20-,24-/m1/s1. The van der Waals surface area contributed by atoms with E-state index >= 15 is 0 Å². The number of imidazole rings is 1. The first-order valence-electron chi connectivity index (χ1n) is 12.0. The van der Waals surface area contributed by atoms with Gasteiger partial charge in [-0.3, -0.25) is 14.2 Å². The molecule has 1 saturated heterocycles. The number of carbonyl (C=O) groups excluding carboxylic acids is 2. The third kappa shape index (κ3) is 6.36. The van der Waals surface area contributed by atoms with Crippen molar-refractivity contribution in [2.24, 2.45) is 0 Å². The summed E-state index contributed by atoms with van der Waals surface area (Å²) in [5.74, 6) is 1.43. The van der Waals surface area contributed by atoms with E-state index in [1.54, 1.807) is 16.7 Å². The van der Waals surface area contributed by atoms with E-state index in [0.717, 1.165) is 5.56 Å². The Morgan fingerprint density at radius 1 is 1.11 bits per heavy atom. The van der Waals surface area contributed by atoms with Crippen LogP contribution in [0.3, 0.4) is 0 Å². The maximum absolute atomic E-state index is 11.9. The summed E-state index contributed by atoms with van der Waals surface area (Å²) in [5.41, 5.74) is 2.51. The zero-order chi connectivity index (χ0) is 26.4. The second-order valence-electron chi connectivity index (χ2n) is 8.56. The Bertz CT molecular complexity index is 1220. The number of hydrogen-bond donors (Lipinski definition) is 5. The summed E-state index contributed by atoms with van der Waals surface area (Å²) >= 11 is 1.52. The van der Waals surface area contributed by atoms with Crippen LogP contribution in [0.5, 0.6) is 0 Å². The van der Waals surface area contributed by atoms with Crippen molar-refractivity contribution in [3.8, 4) is 0 Å². The van der Waals surface area contributed by atoms with Gasteiger partial charge in [0.25, 0.3) is 5.91 Å². The van der Waals surface area contributed by atoms with Gasteiger partial charge in [-0.2, -0.15) is 11.8 Å². The Hall–Kier alpha value is -3.26. The summed E-state index contributed by atoms with van der Waals surface area (Å²) < 4.78 is 7.58. The number of ether oxygens (including phenoxy) is 1. The third-order valence-corrected chi connectivity index (χ3v) is 6.94. The Kier molecular flexibility index (Phi) is 8.92. The quantitative estimate of drug-likeness (QED) is 0.223. The molecule has 4 rings (SSSR count). The molecule has 1 aliphatic rings. The molecule has 2 aromatic heterocycles. The SMILES string of the molecule is CCNC(=O)c1ccc(CNc2ncnc3c2ncn3[C@@H]2O[C@H](CSCCNC(C)=O)[C@@H](O)[C@H]2O)cc1. The van der Waals surface area contributed by atoms with Crippen molar-refractivity contribution in [3.05, 3.63) is 48.0 Å². The van der Waals surface area contributed by atoms with Crippen molar-refractivity contribution in [2.75, 3.05) is 29.9 Å². The topological polar surface area (TPSA) is 164 Å². The van der Waals surface area contributed by atoms with E-state index in [4.69, 9.17) is 4.74 Å². The first-order valence-corrected chi connectivity index (χ1v) is 13.2. The van der Waals surface area contributed by atoms with E-state index in [-0.39, 0.29) is 11.8 Å². The summed E-state index contributed by atoms with van der Waals surface area (Å²) in [5, 5.41) is 29.9. The summed E-state index contributed by atoms with van der Waals surface area (Å²) in [6.07, 6.45) is -0.759. The number of rotatable bonds is 11. The van der Waals surface area contributed by atoms with Gasteiger partial charge in [0.1, 0.15) is 18.5 Å². The average Bonchev–Trinajstić information content (AvgIpc) is 3.44. The van der Waals surface area contributed by atoms with E-state index in [1.807, 2.05) is 19.1 Å². The van der Waals surface area contributed by atoms with Crippen LogP contribution in [0.25, 0.3) is 11.2 Å². The summed E-state index contributed by atoms with van der Waals surface area (Å²) in [6.45, 7) is 4.87. The average molecular weight is 530 g/mol. The number of hydrogen-bond acceptors (Lipinski definition) is 10. The molecule has 0 spiro atoms. The molecule has 1 fully saturated rings. The van der Waals surface area contributed by atoms with Crippen LogP contribution in [0.4, 0.5) is 5.82 Å². The van der Waals surface area contributed by atoms with Gasteiger partial charge in [0.15, 0.2) is 23.2 Å². The molecule has 0 bridgehead atoms. The number of carbonyl (C=O) groups is 2. The molecular formula is C24H31N7O5S. The molecule has 12 nitrogen and oxygen atoms in total. The van der Waals surface area contributed by atoms with Gasteiger partial charge in [0, 0.05) is 43.6 Å². The highest BCUT2D eigenvalue weighted by Crippen LogP contribution is 2.33. The van der Waals surface area contributed by atoms with Crippen molar-refractivity contribution in [3.63, 3.8) is 0 Å². The van der Waals surface area contributed by atoms with Crippen LogP contribution in [0, 0.1) is 0 Å². The van der Waals surface area contributed by atoms with Crippen LogP contribution >= 0.6 is 11.8 Å². The van der Waals surface area contributed by atoms with Gasteiger partial charge in [-0.05, 0) is 24.6 Å². The van der Waals surface area contributed by atoms with Gasteiger partial charge in [0.2, 0.25) is 5.91 Å². The predicted molar refractivity (Wildman–Crippen MR) is 139 cm³/mol. The van der Waals surface area contributed by atoms with Gasteiger partial charge >= 0.3 is 0 Å². The maximum Gasteiger partial charge on any atom is 0.251 e. The van der Waals surface area contributed by atoms with E-state index in [1.165, 1.54) is 31.3 Å². The van der Waals surface area contributed by atoms with Crippen LogP contribution in [0.15, 0.2) is 36.9 Å². The number of aliphatic hydroxyl groups excluding tert-OH is 2. The minimum atomic E-state index is -1.16. The molecule has 0 radical (unpaired) electrons. The first kappa shape index (κ1) is 26.8. The minimum Gasteiger partial charge on any atom is -0.387 e. The number of benzene rings is 1. The highest BCUT2D eigenvalue weighted by Gasteiger charge is 2.44. The van der Waals surface area contributed by atoms with E-state index < -0.39 is 24.5 Å². The minimum absolute atomic E-state index is 0.0922. The molecule has 0 unspecified atom stereocenters. The number of thioether (sulfide) groups is 1. The molecule has 3 aromatic rings. The molecule has 2 amide bonds. The number of fused-ring (bicyclic) bond motifs is 1. The Labute approximate surface area is 218 Å². The Morgan fingerprint density at radius 3 is 2.62 bits per heavy atom. The lowest BCUT2D eigenvalue weighted by Gasteiger charge is -2.16. The summed E-state index contributed by atoms with van der Waals surface area (Å²) in [4.78, 5) is 36.0. The number of aliphatic hydroxyl groups is 2. The van der Waals surface area contributed by atoms with Crippen LogP contribution in [-0.2, 0) is 16.1 Å². The fraction of sp³-hybridized carbons (Fsp3) is 0.458. The van der Waals surface area contributed by atoms with Gasteiger partial charge in [0.05, 0.1) is 12.4 Å². The van der Waals surface area contributed by atoms with Gasteiger partial charge in [-0.25, -0.2) is 15.0 Å². The van der Waals surface area contributed by atoms with E-state index in [9.17, 15) is 19.8 Å². The number of nitrogens with zero attached hydrogens (tertiary/aromatic N) is 4.